The lowest BCUT2D eigenvalue weighted by atomic mass is 10.3. The van der Waals surface area contributed by atoms with Crippen LogP contribution < -0.4 is 11.1 Å². The molecule has 1 atom stereocenters. The summed E-state index contributed by atoms with van der Waals surface area (Å²) in [5.41, 5.74) is 5.36. The molecule has 0 spiro atoms. The lowest BCUT2D eigenvalue weighted by Crippen LogP contribution is -2.41. The third kappa shape index (κ3) is 3.59. The molecule has 0 saturated heterocycles. The van der Waals surface area contributed by atoms with E-state index in [1.54, 1.807) is 18.1 Å². The van der Waals surface area contributed by atoms with Gasteiger partial charge in [0.25, 0.3) is 0 Å². The number of methoxy groups -OCH3 is 1. The summed E-state index contributed by atoms with van der Waals surface area (Å²) in [5.74, 6) is 0.491. The number of amides is 1. The van der Waals surface area contributed by atoms with Crippen molar-refractivity contribution in [2.45, 2.75) is 12.5 Å². The zero-order valence-electron chi connectivity index (χ0n) is 9.51. The Labute approximate surface area is 94.0 Å². The van der Waals surface area contributed by atoms with Crippen LogP contribution in [0.15, 0.2) is 6.33 Å². The molecule has 0 aliphatic heterocycles. The van der Waals surface area contributed by atoms with Gasteiger partial charge in [-0.25, -0.2) is 4.98 Å². The van der Waals surface area contributed by atoms with Gasteiger partial charge in [-0.3, -0.25) is 9.48 Å². The molecule has 1 amide bonds. The van der Waals surface area contributed by atoms with Gasteiger partial charge in [0.2, 0.25) is 5.91 Å². The smallest absolute Gasteiger partial charge is 0.250 e. The van der Waals surface area contributed by atoms with Crippen LogP contribution in [0.4, 0.5) is 0 Å². The van der Waals surface area contributed by atoms with Gasteiger partial charge in [0.1, 0.15) is 12.4 Å². The van der Waals surface area contributed by atoms with E-state index in [-0.39, 0.29) is 12.5 Å². The molecule has 1 rings (SSSR count). The molecule has 0 fully saturated rings. The van der Waals surface area contributed by atoms with Crippen molar-refractivity contribution in [3.05, 3.63) is 12.2 Å². The molecule has 7 nitrogen and oxygen atoms in total. The predicted octanol–water partition coefficient (Wildman–Crippen LogP) is -1.55. The highest BCUT2D eigenvalue weighted by molar-refractivity contribution is 5.80. The number of rotatable bonds is 6. The Morgan fingerprint density at radius 3 is 3.00 bits per heavy atom. The van der Waals surface area contributed by atoms with Crippen LogP contribution in [0, 0.1) is 0 Å². The first kappa shape index (κ1) is 12.6. The molecule has 0 radical (unpaired) electrons. The molecule has 3 N–H and O–H groups in total. The van der Waals surface area contributed by atoms with Gasteiger partial charge in [-0.15, -0.1) is 0 Å². The van der Waals surface area contributed by atoms with Crippen molar-refractivity contribution in [1.82, 2.24) is 20.1 Å². The van der Waals surface area contributed by atoms with E-state index in [4.69, 9.17) is 10.5 Å². The maximum atomic E-state index is 11.4. The monoisotopic (exact) mass is 227 g/mol. The second kappa shape index (κ2) is 6.19. The van der Waals surface area contributed by atoms with Crippen LogP contribution >= 0.6 is 0 Å². The zero-order chi connectivity index (χ0) is 12.0. The lowest BCUT2D eigenvalue weighted by Gasteiger charge is -2.12. The van der Waals surface area contributed by atoms with Crippen LogP contribution in [0.1, 0.15) is 5.82 Å². The number of nitrogens with one attached hydrogen (secondary N) is 1. The molecule has 0 aliphatic carbocycles. The van der Waals surface area contributed by atoms with Crippen LogP contribution in [-0.2, 0) is 23.0 Å². The highest BCUT2D eigenvalue weighted by atomic mass is 16.5. The number of nitrogens with zero attached hydrogens (tertiary/aromatic N) is 3. The van der Waals surface area contributed by atoms with Crippen molar-refractivity contribution < 1.29 is 9.53 Å². The first-order chi connectivity index (χ1) is 7.67. The molecule has 0 saturated carbocycles. The minimum atomic E-state index is -0.586. The Morgan fingerprint density at radius 1 is 1.75 bits per heavy atom. The standard InChI is InChI=1S/C9H17N5O2/c1-14-6-12-8(13-14)3-4-11-9(15)7(5-10)16-2/h6-7H,3-5,10H2,1-2H3,(H,11,15). The number of hydrogen-bond donors (Lipinski definition) is 2. The molecule has 0 aliphatic rings. The Kier molecular flexibility index (Phi) is 4.87. The molecule has 1 unspecified atom stereocenters. The number of aromatic nitrogens is 3. The van der Waals surface area contributed by atoms with Gasteiger partial charge in [-0.2, -0.15) is 5.10 Å². The number of aryl methyl sites for hydroxylation is 1. The molecule has 1 heterocycles. The van der Waals surface area contributed by atoms with E-state index in [1.807, 2.05) is 0 Å². The Hall–Kier alpha value is -1.47. The average molecular weight is 227 g/mol. The van der Waals surface area contributed by atoms with Crippen molar-refractivity contribution in [3.63, 3.8) is 0 Å². The number of hydrogen-bond acceptors (Lipinski definition) is 5. The summed E-state index contributed by atoms with van der Waals surface area (Å²) >= 11 is 0. The molecule has 16 heavy (non-hydrogen) atoms. The van der Waals surface area contributed by atoms with E-state index in [0.717, 1.165) is 0 Å². The predicted molar refractivity (Wildman–Crippen MR) is 57.6 cm³/mol. The third-order valence-electron chi connectivity index (χ3n) is 2.09. The van der Waals surface area contributed by atoms with Crippen LogP contribution in [0.2, 0.25) is 0 Å². The Balaban J connectivity index is 2.27. The lowest BCUT2D eigenvalue weighted by molar-refractivity contribution is -0.130. The van der Waals surface area contributed by atoms with Gasteiger partial charge in [0.15, 0.2) is 5.82 Å². The van der Waals surface area contributed by atoms with Crippen molar-refractivity contribution in [2.75, 3.05) is 20.2 Å². The van der Waals surface area contributed by atoms with Gasteiger partial charge < -0.3 is 15.8 Å². The molecule has 0 aromatic carbocycles. The highest BCUT2D eigenvalue weighted by Gasteiger charge is 2.14. The number of nitrogens with two attached hydrogens (primary N) is 1. The van der Waals surface area contributed by atoms with Gasteiger partial charge in [-0.05, 0) is 0 Å². The third-order valence-corrected chi connectivity index (χ3v) is 2.09. The highest BCUT2D eigenvalue weighted by Crippen LogP contribution is 1.90. The number of carbonyl (C=O) groups is 1. The molecular weight excluding hydrogens is 210 g/mol. The Morgan fingerprint density at radius 2 is 2.50 bits per heavy atom. The first-order valence-electron chi connectivity index (χ1n) is 5.02. The largest absolute Gasteiger partial charge is 0.370 e. The van der Waals surface area contributed by atoms with Crippen molar-refractivity contribution in [2.24, 2.45) is 12.8 Å². The van der Waals surface area contributed by atoms with E-state index in [0.29, 0.717) is 18.8 Å². The summed E-state index contributed by atoms with van der Waals surface area (Å²) in [6, 6.07) is 0. The summed E-state index contributed by atoms with van der Waals surface area (Å²) in [4.78, 5) is 15.5. The zero-order valence-corrected chi connectivity index (χ0v) is 9.51. The first-order valence-corrected chi connectivity index (χ1v) is 5.02. The molecule has 0 bridgehead atoms. The summed E-state index contributed by atoms with van der Waals surface area (Å²) in [7, 11) is 3.25. The fourth-order valence-electron chi connectivity index (χ4n) is 1.22. The van der Waals surface area contributed by atoms with Crippen LogP contribution in [0.3, 0.4) is 0 Å². The van der Waals surface area contributed by atoms with Gasteiger partial charge in [-0.1, -0.05) is 0 Å². The fourth-order valence-corrected chi connectivity index (χ4v) is 1.22. The normalized spacial score (nSPS) is 12.4. The number of ether oxygens (including phenoxy) is 1. The number of carbonyl (C=O) groups excluding carboxylic acids is 1. The summed E-state index contributed by atoms with van der Waals surface area (Å²) < 4.78 is 6.52. The SMILES string of the molecule is COC(CN)C(=O)NCCc1ncn(C)n1. The molecule has 1 aromatic rings. The quantitative estimate of drug-likeness (QED) is 0.613. The molecule has 7 heteroatoms. The van der Waals surface area contributed by atoms with E-state index in [9.17, 15) is 4.79 Å². The maximum absolute atomic E-state index is 11.4. The average Bonchev–Trinajstić information content (AvgIpc) is 2.66. The van der Waals surface area contributed by atoms with Gasteiger partial charge in [0, 0.05) is 33.7 Å². The van der Waals surface area contributed by atoms with Gasteiger partial charge in [0.05, 0.1) is 0 Å². The topological polar surface area (TPSA) is 95.1 Å². The van der Waals surface area contributed by atoms with Crippen LogP contribution in [-0.4, -0.2) is 47.0 Å². The second-order valence-electron chi connectivity index (χ2n) is 3.34. The van der Waals surface area contributed by atoms with Crippen molar-refractivity contribution >= 4 is 5.91 Å². The van der Waals surface area contributed by atoms with Crippen molar-refractivity contribution in [3.8, 4) is 0 Å². The van der Waals surface area contributed by atoms with E-state index in [2.05, 4.69) is 15.4 Å². The van der Waals surface area contributed by atoms with E-state index in [1.165, 1.54) is 7.11 Å². The van der Waals surface area contributed by atoms with Crippen LogP contribution in [0.5, 0.6) is 0 Å². The van der Waals surface area contributed by atoms with Gasteiger partial charge >= 0.3 is 0 Å². The maximum Gasteiger partial charge on any atom is 0.250 e. The minimum absolute atomic E-state index is 0.171. The molecule has 90 valence electrons. The minimum Gasteiger partial charge on any atom is -0.370 e. The summed E-state index contributed by atoms with van der Waals surface area (Å²) in [6.07, 6.45) is 1.62. The van der Waals surface area contributed by atoms with Crippen LogP contribution in [0.25, 0.3) is 0 Å². The van der Waals surface area contributed by atoms with E-state index < -0.39 is 6.10 Å². The summed E-state index contributed by atoms with van der Waals surface area (Å²) in [6.45, 7) is 0.646. The Bertz CT molecular complexity index is 334. The second-order valence-corrected chi connectivity index (χ2v) is 3.34. The van der Waals surface area contributed by atoms with E-state index >= 15 is 0 Å². The summed E-state index contributed by atoms with van der Waals surface area (Å²) in [5, 5.41) is 6.80. The fraction of sp³-hybridized carbons (Fsp3) is 0.667. The molecular formula is C9H17N5O2. The van der Waals surface area contributed by atoms with Crippen molar-refractivity contribution in [1.29, 1.82) is 0 Å². The molecule has 1 aromatic heterocycles.